The molecule has 1 aromatic heterocycles. The maximum absolute atomic E-state index is 13.4. The minimum absolute atomic E-state index is 0.0235. The van der Waals surface area contributed by atoms with E-state index in [0.29, 0.717) is 29.3 Å². The standard InChI is InChI=1S/C14H16FN3O/c1-9(16)7-14-17-6-5-12(18-14)11-8-10(15)3-4-13(11)19-2/h3-6,8-9H,7,16H2,1-2H3. The van der Waals surface area contributed by atoms with Gasteiger partial charge in [0.05, 0.1) is 12.8 Å². The Labute approximate surface area is 111 Å². The Morgan fingerprint density at radius 1 is 1.37 bits per heavy atom. The summed E-state index contributed by atoms with van der Waals surface area (Å²) in [5.74, 6) is 0.883. The van der Waals surface area contributed by atoms with Crippen LogP contribution in [0.2, 0.25) is 0 Å². The number of ether oxygens (including phenoxy) is 1. The number of nitrogens with two attached hydrogens (primary N) is 1. The molecule has 0 amide bonds. The van der Waals surface area contributed by atoms with Crippen molar-refractivity contribution >= 4 is 0 Å². The minimum Gasteiger partial charge on any atom is -0.496 e. The van der Waals surface area contributed by atoms with Crippen LogP contribution >= 0.6 is 0 Å². The maximum Gasteiger partial charge on any atom is 0.130 e. The molecule has 0 saturated heterocycles. The second-order valence-electron chi connectivity index (χ2n) is 4.38. The number of aromatic nitrogens is 2. The topological polar surface area (TPSA) is 61.0 Å². The van der Waals surface area contributed by atoms with Gasteiger partial charge in [0.1, 0.15) is 17.4 Å². The molecular formula is C14H16FN3O. The van der Waals surface area contributed by atoms with E-state index in [0.717, 1.165) is 0 Å². The van der Waals surface area contributed by atoms with Gasteiger partial charge < -0.3 is 10.5 Å². The lowest BCUT2D eigenvalue weighted by atomic mass is 10.1. The Kier molecular flexibility index (Phi) is 4.06. The molecule has 0 aliphatic heterocycles. The van der Waals surface area contributed by atoms with Gasteiger partial charge in [0.15, 0.2) is 0 Å². The van der Waals surface area contributed by atoms with E-state index < -0.39 is 0 Å². The summed E-state index contributed by atoms with van der Waals surface area (Å²) >= 11 is 0. The SMILES string of the molecule is COc1ccc(F)cc1-c1ccnc(CC(C)N)n1. The smallest absolute Gasteiger partial charge is 0.130 e. The van der Waals surface area contributed by atoms with E-state index in [2.05, 4.69) is 9.97 Å². The molecule has 0 bridgehead atoms. The summed E-state index contributed by atoms with van der Waals surface area (Å²) in [6.07, 6.45) is 2.22. The zero-order chi connectivity index (χ0) is 13.8. The van der Waals surface area contributed by atoms with Crippen molar-refractivity contribution in [1.82, 2.24) is 9.97 Å². The normalized spacial score (nSPS) is 12.2. The molecule has 0 saturated carbocycles. The molecule has 4 nitrogen and oxygen atoms in total. The van der Waals surface area contributed by atoms with Gasteiger partial charge in [-0.1, -0.05) is 0 Å². The van der Waals surface area contributed by atoms with Gasteiger partial charge in [0.25, 0.3) is 0 Å². The second kappa shape index (κ2) is 5.75. The fourth-order valence-electron chi connectivity index (χ4n) is 1.82. The molecule has 0 aliphatic rings. The maximum atomic E-state index is 13.4. The lowest BCUT2D eigenvalue weighted by Crippen LogP contribution is -2.19. The molecule has 1 atom stereocenters. The number of rotatable bonds is 4. The third-order valence-electron chi connectivity index (χ3n) is 2.65. The first-order valence-corrected chi connectivity index (χ1v) is 6.01. The van der Waals surface area contributed by atoms with Gasteiger partial charge in [-0.25, -0.2) is 14.4 Å². The van der Waals surface area contributed by atoms with Crippen LogP contribution in [0.4, 0.5) is 4.39 Å². The van der Waals surface area contributed by atoms with Crippen LogP contribution in [-0.2, 0) is 6.42 Å². The van der Waals surface area contributed by atoms with Gasteiger partial charge >= 0.3 is 0 Å². The molecule has 0 aliphatic carbocycles. The second-order valence-corrected chi connectivity index (χ2v) is 4.38. The number of methoxy groups -OCH3 is 1. The number of nitrogens with zero attached hydrogens (tertiary/aromatic N) is 2. The van der Waals surface area contributed by atoms with E-state index in [4.69, 9.17) is 10.5 Å². The van der Waals surface area contributed by atoms with E-state index in [-0.39, 0.29) is 11.9 Å². The Bertz CT molecular complexity index is 572. The molecule has 2 N–H and O–H groups in total. The van der Waals surface area contributed by atoms with Crippen molar-refractivity contribution in [1.29, 1.82) is 0 Å². The highest BCUT2D eigenvalue weighted by Gasteiger charge is 2.10. The third-order valence-corrected chi connectivity index (χ3v) is 2.65. The van der Waals surface area contributed by atoms with Gasteiger partial charge in [0.2, 0.25) is 0 Å². The van der Waals surface area contributed by atoms with E-state index in [1.807, 2.05) is 6.92 Å². The zero-order valence-electron chi connectivity index (χ0n) is 10.9. The quantitative estimate of drug-likeness (QED) is 0.916. The summed E-state index contributed by atoms with van der Waals surface area (Å²) in [6.45, 7) is 1.89. The first-order chi connectivity index (χ1) is 9.10. The van der Waals surface area contributed by atoms with Crippen LogP contribution in [-0.4, -0.2) is 23.1 Å². The molecule has 2 rings (SSSR count). The van der Waals surface area contributed by atoms with Crippen molar-refractivity contribution < 1.29 is 9.13 Å². The fraction of sp³-hybridized carbons (Fsp3) is 0.286. The van der Waals surface area contributed by atoms with Crippen LogP contribution in [0.3, 0.4) is 0 Å². The molecule has 1 aromatic carbocycles. The van der Waals surface area contributed by atoms with Gasteiger partial charge in [-0.2, -0.15) is 0 Å². The van der Waals surface area contributed by atoms with Crippen molar-refractivity contribution in [2.45, 2.75) is 19.4 Å². The third kappa shape index (κ3) is 3.26. The molecule has 19 heavy (non-hydrogen) atoms. The molecular weight excluding hydrogens is 245 g/mol. The van der Waals surface area contributed by atoms with E-state index in [1.54, 1.807) is 25.4 Å². The molecule has 1 unspecified atom stereocenters. The largest absolute Gasteiger partial charge is 0.496 e. The lowest BCUT2D eigenvalue weighted by molar-refractivity contribution is 0.415. The van der Waals surface area contributed by atoms with Crippen molar-refractivity contribution in [3.05, 3.63) is 42.1 Å². The summed E-state index contributed by atoms with van der Waals surface area (Å²) in [7, 11) is 1.54. The summed E-state index contributed by atoms with van der Waals surface area (Å²) < 4.78 is 18.6. The summed E-state index contributed by atoms with van der Waals surface area (Å²) in [5, 5.41) is 0. The Hall–Kier alpha value is -2.01. The number of halogens is 1. The van der Waals surface area contributed by atoms with Crippen molar-refractivity contribution in [3.8, 4) is 17.0 Å². The van der Waals surface area contributed by atoms with Crippen LogP contribution in [0.25, 0.3) is 11.3 Å². The monoisotopic (exact) mass is 261 g/mol. The summed E-state index contributed by atoms with van der Waals surface area (Å²) in [5.41, 5.74) is 6.96. The molecule has 0 spiro atoms. The van der Waals surface area contributed by atoms with E-state index >= 15 is 0 Å². The lowest BCUT2D eigenvalue weighted by Gasteiger charge is -2.09. The molecule has 100 valence electrons. The van der Waals surface area contributed by atoms with Crippen LogP contribution in [0.15, 0.2) is 30.5 Å². The highest BCUT2D eigenvalue weighted by Crippen LogP contribution is 2.29. The number of hydrogen-bond donors (Lipinski definition) is 1. The van der Waals surface area contributed by atoms with Crippen molar-refractivity contribution in [2.24, 2.45) is 5.73 Å². The van der Waals surface area contributed by atoms with Gasteiger partial charge in [-0.3, -0.25) is 0 Å². The average Bonchev–Trinajstić information content (AvgIpc) is 2.38. The minimum atomic E-state index is -0.330. The average molecular weight is 261 g/mol. The number of hydrogen-bond acceptors (Lipinski definition) is 4. The van der Waals surface area contributed by atoms with Gasteiger partial charge in [-0.15, -0.1) is 0 Å². The van der Waals surface area contributed by atoms with Gasteiger partial charge in [0, 0.05) is 24.2 Å². The first kappa shape index (κ1) is 13.4. The predicted molar refractivity (Wildman–Crippen MR) is 71.3 cm³/mol. The Morgan fingerprint density at radius 2 is 2.16 bits per heavy atom. The summed E-state index contributed by atoms with van der Waals surface area (Å²) in [6, 6.07) is 6.04. The van der Waals surface area contributed by atoms with Crippen LogP contribution in [0, 0.1) is 5.82 Å². The highest BCUT2D eigenvalue weighted by molar-refractivity contribution is 5.66. The predicted octanol–water partition coefficient (Wildman–Crippen LogP) is 2.18. The molecule has 5 heteroatoms. The van der Waals surface area contributed by atoms with Gasteiger partial charge in [-0.05, 0) is 31.2 Å². The van der Waals surface area contributed by atoms with Crippen LogP contribution < -0.4 is 10.5 Å². The van der Waals surface area contributed by atoms with Crippen molar-refractivity contribution in [2.75, 3.05) is 7.11 Å². The molecule has 1 heterocycles. The molecule has 0 fully saturated rings. The van der Waals surface area contributed by atoms with Crippen molar-refractivity contribution in [3.63, 3.8) is 0 Å². The highest BCUT2D eigenvalue weighted by atomic mass is 19.1. The number of benzene rings is 1. The van der Waals surface area contributed by atoms with E-state index in [9.17, 15) is 4.39 Å². The van der Waals surface area contributed by atoms with Crippen LogP contribution in [0.1, 0.15) is 12.7 Å². The zero-order valence-corrected chi connectivity index (χ0v) is 10.9. The van der Waals surface area contributed by atoms with Crippen LogP contribution in [0.5, 0.6) is 5.75 Å². The molecule has 2 aromatic rings. The fourth-order valence-corrected chi connectivity index (χ4v) is 1.82. The molecule has 0 radical (unpaired) electrons. The first-order valence-electron chi connectivity index (χ1n) is 6.01. The Balaban J connectivity index is 2.43. The summed E-state index contributed by atoms with van der Waals surface area (Å²) in [4.78, 5) is 8.55. The Morgan fingerprint density at radius 3 is 2.84 bits per heavy atom. The van der Waals surface area contributed by atoms with E-state index in [1.165, 1.54) is 12.1 Å².